The molecule has 3 heteroatoms. The van der Waals surface area contributed by atoms with Crippen molar-refractivity contribution in [3.63, 3.8) is 0 Å². The third kappa shape index (κ3) is 4.06. The molecule has 3 nitrogen and oxygen atoms in total. The van der Waals surface area contributed by atoms with Gasteiger partial charge < -0.3 is 13.7 Å². The van der Waals surface area contributed by atoms with Crippen LogP contribution in [0.3, 0.4) is 0 Å². The number of nitrogens with zero attached hydrogens (tertiary/aromatic N) is 3. The largest absolute Gasteiger partial charge is 0.309 e. The first-order valence-corrected chi connectivity index (χ1v) is 17.5. The van der Waals surface area contributed by atoms with Gasteiger partial charge in [-0.3, -0.25) is 0 Å². The number of hydrogen-bond donors (Lipinski definition) is 0. The van der Waals surface area contributed by atoms with Crippen LogP contribution in [0, 0.1) is 0 Å². The summed E-state index contributed by atoms with van der Waals surface area (Å²) in [5.74, 6) is 0. The van der Waals surface area contributed by atoms with E-state index in [4.69, 9.17) is 0 Å². The highest BCUT2D eigenvalue weighted by Gasteiger charge is 2.21. The van der Waals surface area contributed by atoms with E-state index in [1.54, 1.807) is 0 Å². The predicted octanol–water partition coefficient (Wildman–Crippen LogP) is 12.6. The highest BCUT2D eigenvalue weighted by Crippen LogP contribution is 2.43. The van der Waals surface area contributed by atoms with E-state index in [1.807, 2.05) is 0 Å². The van der Waals surface area contributed by atoms with Crippen molar-refractivity contribution in [2.24, 2.45) is 0 Å². The Bertz CT molecular complexity index is 3120. The van der Waals surface area contributed by atoms with E-state index in [0.29, 0.717) is 0 Å². The van der Waals surface area contributed by atoms with Gasteiger partial charge in [0.25, 0.3) is 0 Å². The van der Waals surface area contributed by atoms with Crippen LogP contribution in [0.1, 0.15) is 0 Å². The second-order valence-electron chi connectivity index (χ2n) is 13.4. The van der Waals surface area contributed by atoms with Gasteiger partial charge in [-0.25, -0.2) is 0 Å². The van der Waals surface area contributed by atoms with E-state index in [9.17, 15) is 0 Å². The highest BCUT2D eigenvalue weighted by atomic mass is 15.0. The van der Waals surface area contributed by atoms with Crippen molar-refractivity contribution >= 4 is 65.4 Å². The van der Waals surface area contributed by atoms with Gasteiger partial charge in [-0.05, 0) is 77.9 Å². The Morgan fingerprint density at radius 1 is 0.255 bits per heavy atom. The fourth-order valence-electron chi connectivity index (χ4n) is 8.47. The van der Waals surface area contributed by atoms with Crippen LogP contribution in [-0.2, 0) is 0 Å². The van der Waals surface area contributed by atoms with Gasteiger partial charge in [0.15, 0.2) is 0 Å². The van der Waals surface area contributed by atoms with Crippen LogP contribution in [0.2, 0.25) is 0 Å². The number of para-hydroxylation sites is 4. The van der Waals surface area contributed by atoms with Gasteiger partial charge in [-0.2, -0.15) is 0 Å². The zero-order chi connectivity index (χ0) is 33.5. The number of fused-ring (bicyclic) bond motifs is 9. The Morgan fingerprint density at radius 3 is 1.43 bits per heavy atom. The van der Waals surface area contributed by atoms with Crippen molar-refractivity contribution < 1.29 is 0 Å². The van der Waals surface area contributed by atoms with Crippen LogP contribution in [0.25, 0.3) is 93.6 Å². The first-order chi connectivity index (χ1) is 25.3. The summed E-state index contributed by atoms with van der Waals surface area (Å²) in [6, 6.07) is 68.4. The second kappa shape index (κ2) is 10.8. The molecule has 0 N–H and O–H groups in total. The van der Waals surface area contributed by atoms with Gasteiger partial charge in [-0.15, -0.1) is 0 Å². The van der Waals surface area contributed by atoms with E-state index in [2.05, 4.69) is 202 Å². The third-order valence-electron chi connectivity index (χ3n) is 10.6. The van der Waals surface area contributed by atoms with Gasteiger partial charge >= 0.3 is 0 Å². The zero-order valence-corrected chi connectivity index (χ0v) is 27.7. The fourth-order valence-corrected chi connectivity index (χ4v) is 8.47. The molecule has 0 fully saturated rings. The number of aromatic nitrogens is 3. The molecule has 0 radical (unpaired) electrons. The van der Waals surface area contributed by atoms with Crippen molar-refractivity contribution in [3.05, 3.63) is 188 Å². The van der Waals surface area contributed by atoms with Gasteiger partial charge in [-0.1, -0.05) is 121 Å². The lowest BCUT2D eigenvalue weighted by molar-refractivity contribution is 1.17. The molecule has 0 aliphatic rings. The van der Waals surface area contributed by atoms with E-state index in [-0.39, 0.29) is 0 Å². The van der Waals surface area contributed by atoms with E-state index >= 15 is 0 Å². The Hall–Kier alpha value is -6.84. The molecule has 0 saturated heterocycles. The van der Waals surface area contributed by atoms with E-state index < -0.39 is 0 Å². The molecule has 0 spiro atoms. The van der Waals surface area contributed by atoms with Crippen LogP contribution in [0.15, 0.2) is 188 Å². The van der Waals surface area contributed by atoms with Crippen LogP contribution in [-0.4, -0.2) is 13.7 Å². The van der Waals surface area contributed by atoms with Crippen LogP contribution < -0.4 is 0 Å². The molecule has 0 saturated carbocycles. The smallest absolute Gasteiger partial charge is 0.0562 e. The summed E-state index contributed by atoms with van der Waals surface area (Å²) in [5, 5.41) is 7.47. The SMILES string of the molecule is c1ccc(-c2cccc(-n3c4ccccc4c4cc5c(cc43)c3ccccc3n5-c3cccc4c3c3ccccc3n4-c3ccccc3)c2)cc1. The third-order valence-corrected chi connectivity index (χ3v) is 10.6. The summed E-state index contributed by atoms with van der Waals surface area (Å²) < 4.78 is 7.34. The molecular formula is C48H31N3. The van der Waals surface area contributed by atoms with Crippen LogP contribution in [0.4, 0.5) is 0 Å². The first-order valence-electron chi connectivity index (χ1n) is 17.5. The molecule has 0 atom stereocenters. The lowest BCUT2D eigenvalue weighted by Crippen LogP contribution is -1.97. The van der Waals surface area contributed by atoms with Gasteiger partial charge in [0.2, 0.25) is 0 Å². The molecule has 0 unspecified atom stereocenters. The molecule has 0 bridgehead atoms. The number of rotatable bonds is 4. The Morgan fingerprint density at radius 2 is 0.725 bits per heavy atom. The minimum Gasteiger partial charge on any atom is -0.309 e. The molecule has 11 aromatic rings. The monoisotopic (exact) mass is 649 g/mol. The lowest BCUT2D eigenvalue weighted by Gasteiger charge is -2.12. The molecule has 3 aromatic heterocycles. The molecular weight excluding hydrogens is 619 g/mol. The predicted molar refractivity (Wildman–Crippen MR) is 215 cm³/mol. The average molecular weight is 650 g/mol. The van der Waals surface area contributed by atoms with Gasteiger partial charge in [0.05, 0.1) is 38.8 Å². The molecule has 3 heterocycles. The quantitative estimate of drug-likeness (QED) is 0.180. The molecule has 51 heavy (non-hydrogen) atoms. The summed E-state index contributed by atoms with van der Waals surface area (Å²) >= 11 is 0. The second-order valence-corrected chi connectivity index (χ2v) is 13.4. The van der Waals surface area contributed by atoms with Crippen LogP contribution >= 0.6 is 0 Å². The molecule has 0 aliphatic heterocycles. The molecule has 0 aliphatic carbocycles. The summed E-state index contributed by atoms with van der Waals surface area (Å²) in [5.41, 5.74) is 13.1. The van der Waals surface area contributed by atoms with Crippen molar-refractivity contribution in [2.45, 2.75) is 0 Å². The fraction of sp³-hybridized carbons (Fsp3) is 0. The normalized spacial score (nSPS) is 11.9. The molecule has 11 rings (SSSR count). The van der Waals surface area contributed by atoms with Gasteiger partial charge in [0.1, 0.15) is 0 Å². The van der Waals surface area contributed by atoms with E-state index in [0.717, 1.165) is 11.4 Å². The molecule has 238 valence electrons. The maximum atomic E-state index is 2.50. The van der Waals surface area contributed by atoms with Crippen LogP contribution in [0.5, 0.6) is 0 Å². The van der Waals surface area contributed by atoms with Crippen molar-refractivity contribution in [1.82, 2.24) is 13.7 Å². The summed E-state index contributed by atoms with van der Waals surface area (Å²) in [7, 11) is 0. The van der Waals surface area contributed by atoms with Crippen molar-refractivity contribution in [1.29, 1.82) is 0 Å². The first kappa shape index (κ1) is 28.0. The Labute approximate surface area is 294 Å². The number of benzene rings is 8. The van der Waals surface area contributed by atoms with Gasteiger partial charge in [0, 0.05) is 43.7 Å². The minimum absolute atomic E-state index is 1.16. The van der Waals surface area contributed by atoms with Crippen molar-refractivity contribution in [3.8, 4) is 28.2 Å². The van der Waals surface area contributed by atoms with Crippen molar-refractivity contribution in [2.75, 3.05) is 0 Å². The summed E-state index contributed by atoms with van der Waals surface area (Å²) in [6.07, 6.45) is 0. The average Bonchev–Trinajstić information content (AvgIpc) is 3.83. The summed E-state index contributed by atoms with van der Waals surface area (Å²) in [4.78, 5) is 0. The molecule has 8 aromatic carbocycles. The minimum atomic E-state index is 1.16. The topological polar surface area (TPSA) is 14.8 Å². The zero-order valence-electron chi connectivity index (χ0n) is 27.7. The molecule has 0 amide bonds. The number of hydrogen-bond acceptors (Lipinski definition) is 0. The summed E-state index contributed by atoms with van der Waals surface area (Å²) in [6.45, 7) is 0. The Balaban J connectivity index is 1.24. The van der Waals surface area contributed by atoms with E-state index in [1.165, 1.54) is 82.2 Å². The highest BCUT2D eigenvalue weighted by molar-refractivity contribution is 6.21. The maximum absolute atomic E-state index is 2.50. The Kier molecular flexibility index (Phi) is 5.96. The standard InChI is InChI=1S/C48H31N3/c1-3-15-32(16-4-1)33-17-13-20-35(29-33)50-41-24-10-7-21-36(41)39-31-47-40(30-46(39)50)37-22-8-11-25-42(37)51(47)45-28-14-27-44-48(45)38-23-9-12-26-43(38)49(44)34-18-5-2-6-19-34/h1-31H. The maximum Gasteiger partial charge on any atom is 0.0562 e. The lowest BCUT2D eigenvalue weighted by atomic mass is 10.1.